The molecule has 0 saturated heterocycles. The number of nitrogens with zero attached hydrogens (tertiary/aromatic N) is 1. The number of hydrogen-bond acceptors (Lipinski definition) is 2. The third-order valence-corrected chi connectivity index (χ3v) is 2.47. The number of likely N-dealkylation sites (N-methyl/N-ethyl adjacent to an activating group) is 1. The van der Waals surface area contributed by atoms with Crippen molar-refractivity contribution < 1.29 is 14.0 Å². The lowest BCUT2D eigenvalue weighted by molar-refractivity contribution is -0.131. The summed E-state index contributed by atoms with van der Waals surface area (Å²) in [6.45, 7) is 3.69. The minimum Gasteiger partial charge on any atom is -0.352 e. The van der Waals surface area contributed by atoms with E-state index in [4.69, 9.17) is 0 Å². The molecule has 0 bridgehead atoms. The Morgan fingerprint density at radius 3 is 2.70 bits per heavy atom. The van der Waals surface area contributed by atoms with Crippen LogP contribution in [0.3, 0.4) is 0 Å². The molecule has 0 radical (unpaired) electrons. The molecule has 0 atom stereocenters. The Kier molecular flexibility index (Phi) is 5.90. The van der Waals surface area contributed by atoms with E-state index in [1.54, 1.807) is 12.1 Å². The van der Waals surface area contributed by atoms with Crippen molar-refractivity contribution >= 4 is 17.9 Å². The predicted octanol–water partition coefficient (Wildman–Crippen LogP) is 1.82. The van der Waals surface area contributed by atoms with Crippen LogP contribution in [0.2, 0.25) is 0 Å². The zero-order chi connectivity index (χ0) is 15.1. The number of carbonyl (C=O) groups is 2. The zero-order valence-corrected chi connectivity index (χ0v) is 11.9. The van der Waals surface area contributed by atoms with Crippen LogP contribution in [0, 0.1) is 5.82 Å². The molecule has 0 aromatic heterocycles. The minimum absolute atomic E-state index is 0.00942. The number of rotatable bonds is 5. The summed E-state index contributed by atoms with van der Waals surface area (Å²) in [5, 5.41) is 2.70. The average Bonchev–Trinajstić information content (AvgIpc) is 2.34. The van der Waals surface area contributed by atoms with Crippen molar-refractivity contribution in [1.82, 2.24) is 10.2 Å². The van der Waals surface area contributed by atoms with Crippen LogP contribution in [-0.2, 0) is 9.59 Å². The fraction of sp³-hybridized carbons (Fsp3) is 0.333. The third-order valence-electron chi connectivity index (χ3n) is 2.47. The molecule has 5 heteroatoms. The number of amides is 2. The second-order valence-corrected chi connectivity index (χ2v) is 4.80. The lowest BCUT2D eigenvalue weighted by Crippen LogP contribution is -2.40. The van der Waals surface area contributed by atoms with Gasteiger partial charge in [-0.2, -0.15) is 0 Å². The summed E-state index contributed by atoms with van der Waals surface area (Å²) in [4.78, 5) is 24.6. The molecule has 108 valence electrons. The van der Waals surface area contributed by atoms with Gasteiger partial charge in [0.2, 0.25) is 11.8 Å². The maximum atomic E-state index is 13.0. The Bertz CT molecular complexity index is 512. The average molecular weight is 278 g/mol. The SMILES string of the molecule is CC(C)NC(=O)CN(C)C(=O)/C=C/c1cccc(F)c1. The smallest absolute Gasteiger partial charge is 0.246 e. The van der Waals surface area contributed by atoms with E-state index >= 15 is 0 Å². The van der Waals surface area contributed by atoms with Gasteiger partial charge in [0, 0.05) is 19.2 Å². The molecule has 1 aromatic carbocycles. The van der Waals surface area contributed by atoms with Crippen LogP contribution in [0.5, 0.6) is 0 Å². The van der Waals surface area contributed by atoms with E-state index in [2.05, 4.69) is 5.32 Å². The second kappa shape index (κ2) is 7.43. The Morgan fingerprint density at radius 2 is 2.10 bits per heavy atom. The first-order valence-electron chi connectivity index (χ1n) is 6.36. The van der Waals surface area contributed by atoms with Crippen LogP contribution in [-0.4, -0.2) is 36.3 Å². The summed E-state index contributed by atoms with van der Waals surface area (Å²) >= 11 is 0. The summed E-state index contributed by atoms with van der Waals surface area (Å²) in [5.41, 5.74) is 0.596. The lowest BCUT2D eigenvalue weighted by Gasteiger charge is -2.16. The number of hydrogen-bond donors (Lipinski definition) is 1. The molecular formula is C15H19FN2O2. The van der Waals surface area contributed by atoms with Crippen LogP contribution in [0.1, 0.15) is 19.4 Å². The maximum absolute atomic E-state index is 13.0. The molecule has 20 heavy (non-hydrogen) atoms. The normalized spacial score (nSPS) is 10.8. The first kappa shape index (κ1) is 15.9. The zero-order valence-electron chi connectivity index (χ0n) is 11.9. The van der Waals surface area contributed by atoms with Crippen molar-refractivity contribution in [1.29, 1.82) is 0 Å². The first-order valence-corrected chi connectivity index (χ1v) is 6.36. The summed E-state index contributed by atoms with van der Waals surface area (Å²) in [6, 6.07) is 5.96. The predicted molar refractivity (Wildman–Crippen MR) is 76.3 cm³/mol. The van der Waals surface area contributed by atoms with E-state index in [1.807, 2.05) is 13.8 Å². The van der Waals surface area contributed by atoms with Crippen LogP contribution < -0.4 is 5.32 Å². The quantitative estimate of drug-likeness (QED) is 0.835. The van der Waals surface area contributed by atoms with Crippen LogP contribution in [0.15, 0.2) is 30.3 Å². The molecule has 0 unspecified atom stereocenters. The minimum atomic E-state index is -0.357. The van der Waals surface area contributed by atoms with Gasteiger partial charge in [-0.1, -0.05) is 12.1 Å². The van der Waals surface area contributed by atoms with Crippen LogP contribution in [0.25, 0.3) is 6.08 Å². The van der Waals surface area contributed by atoms with Gasteiger partial charge < -0.3 is 10.2 Å². The molecule has 1 N–H and O–H groups in total. The van der Waals surface area contributed by atoms with Crippen LogP contribution in [0.4, 0.5) is 4.39 Å². The number of nitrogens with one attached hydrogen (secondary N) is 1. The fourth-order valence-electron chi connectivity index (χ4n) is 1.57. The standard InChI is InChI=1S/C15H19FN2O2/c1-11(2)17-14(19)10-18(3)15(20)8-7-12-5-4-6-13(16)9-12/h4-9,11H,10H2,1-3H3,(H,17,19)/b8-7+. The van der Waals surface area contributed by atoms with E-state index in [-0.39, 0.29) is 30.2 Å². The highest BCUT2D eigenvalue weighted by Crippen LogP contribution is 2.05. The summed E-state index contributed by atoms with van der Waals surface area (Å²) < 4.78 is 13.0. The molecule has 0 saturated carbocycles. The lowest BCUT2D eigenvalue weighted by atomic mass is 10.2. The largest absolute Gasteiger partial charge is 0.352 e. The van der Waals surface area contributed by atoms with Gasteiger partial charge in [0.05, 0.1) is 6.54 Å². The van der Waals surface area contributed by atoms with Gasteiger partial charge in [0.25, 0.3) is 0 Å². The van der Waals surface area contributed by atoms with E-state index in [1.165, 1.54) is 36.2 Å². The van der Waals surface area contributed by atoms with Gasteiger partial charge in [-0.25, -0.2) is 4.39 Å². The van der Waals surface area contributed by atoms with Gasteiger partial charge >= 0.3 is 0 Å². The summed E-state index contributed by atoms with van der Waals surface area (Å²) in [5.74, 6) is -0.882. The van der Waals surface area contributed by atoms with Gasteiger partial charge in [-0.05, 0) is 37.6 Å². The monoisotopic (exact) mass is 278 g/mol. The van der Waals surface area contributed by atoms with E-state index in [0.29, 0.717) is 5.56 Å². The summed E-state index contributed by atoms with van der Waals surface area (Å²) in [6.07, 6.45) is 2.83. The molecule has 0 heterocycles. The highest BCUT2D eigenvalue weighted by molar-refractivity contribution is 5.94. The molecule has 1 aromatic rings. The van der Waals surface area contributed by atoms with Gasteiger partial charge in [0.1, 0.15) is 5.82 Å². The van der Waals surface area contributed by atoms with Crippen LogP contribution >= 0.6 is 0 Å². The van der Waals surface area contributed by atoms with E-state index in [9.17, 15) is 14.0 Å². The molecule has 0 aliphatic carbocycles. The van der Waals surface area contributed by atoms with E-state index < -0.39 is 0 Å². The number of halogens is 1. The van der Waals surface area contributed by atoms with Crippen molar-refractivity contribution in [3.05, 3.63) is 41.7 Å². The van der Waals surface area contributed by atoms with Gasteiger partial charge in [-0.3, -0.25) is 9.59 Å². The molecule has 0 fully saturated rings. The third kappa shape index (κ3) is 5.65. The molecule has 4 nitrogen and oxygen atoms in total. The van der Waals surface area contributed by atoms with Crippen molar-refractivity contribution in [2.75, 3.05) is 13.6 Å². The Hall–Kier alpha value is -2.17. The van der Waals surface area contributed by atoms with Crippen molar-refractivity contribution in [2.45, 2.75) is 19.9 Å². The Labute approximate surface area is 118 Å². The topological polar surface area (TPSA) is 49.4 Å². The fourth-order valence-corrected chi connectivity index (χ4v) is 1.57. The highest BCUT2D eigenvalue weighted by Gasteiger charge is 2.10. The van der Waals surface area contributed by atoms with Crippen molar-refractivity contribution in [3.63, 3.8) is 0 Å². The Balaban J connectivity index is 2.55. The molecule has 0 spiro atoms. The Morgan fingerprint density at radius 1 is 1.40 bits per heavy atom. The molecular weight excluding hydrogens is 259 g/mol. The second-order valence-electron chi connectivity index (χ2n) is 4.80. The van der Waals surface area contributed by atoms with Gasteiger partial charge in [0.15, 0.2) is 0 Å². The summed E-state index contributed by atoms with van der Waals surface area (Å²) in [7, 11) is 1.54. The molecule has 0 aliphatic rings. The highest BCUT2D eigenvalue weighted by atomic mass is 19.1. The van der Waals surface area contributed by atoms with Gasteiger partial charge in [-0.15, -0.1) is 0 Å². The van der Waals surface area contributed by atoms with Crippen molar-refractivity contribution in [2.24, 2.45) is 0 Å². The van der Waals surface area contributed by atoms with E-state index in [0.717, 1.165) is 0 Å². The first-order chi connectivity index (χ1) is 9.38. The number of benzene rings is 1. The number of carbonyl (C=O) groups excluding carboxylic acids is 2. The molecule has 1 rings (SSSR count). The molecule has 0 aliphatic heterocycles. The molecule has 2 amide bonds. The van der Waals surface area contributed by atoms with Crippen molar-refractivity contribution in [3.8, 4) is 0 Å². The maximum Gasteiger partial charge on any atom is 0.246 e.